The molecule has 2 aliphatic rings. The molecule has 2 N–H and O–H groups in total. The molecule has 0 unspecified atom stereocenters. The molecule has 0 saturated heterocycles. The summed E-state index contributed by atoms with van der Waals surface area (Å²) in [5.74, 6) is 4.86. The third-order valence-electron chi connectivity index (χ3n) is 11.4. The van der Waals surface area contributed by atoms with Crippen molar-refractivity contribution in [2.75, 3.05) is 52.8 Å². The SMILES string of the molecule is CCNC(=O)C[C@@H]1N=C(c2ccc(SCCOCCNCCCC(=O)C[C@@H]3N=C(c4ccc(Cl)cc4)c4cc(OC)ccc4-n4c(C)nnc43)cc2)c2cc(OC)ccc2-n2c(C)nnc21. The van der Waals surface area contributed by atoms with Crippen LogP contribution < -0.4 is 20.1 Å². The average Bonchev–Trinajstić information content (AvgIpc) is 3.83. The number of carbonyl (C=O) groups excluding carboxylic acids is 2. The van der Waals surface area contributed by atoms with E-state index in [0.717, 1.165) is 55.7 Å². The molecule has 2 aliphatic heterocycles. The first-order valence-corrected chi connectivity index (χ1v) is 23.4. The molecule has 6 aromatic rings. The number of rotatable bonds is 20. The van der Waals surface area contributed by atoms with E-state index in [0.29, 0.717) is 85.5 Å². The molecule has 342 valence electrons. The second kappa shape index (κ2) is 21.4. The molecule has 2 atom stereocenters. The molecule has 0 fully saturated rings. The van der Waals surface area contributed by atoms with Gasteiger partial charge in [0.2, 0.25) is 5.91 Å². The van der Waals surface area contributed by atoms with Crippen LogP contribution in [0.15, 0.2) is 99.8 Å². The molecular weight excluding hydrogens is 876 g/mol. The Kier molecular flexibility index (Phi) is 15.0. The number of benzene rings is 4. The zero-order valence-corrected chi connectivity index (χ0v) is 39.3. The molecule has 4 heterocycles. The zero-order chi connectivity index (χ0) is 46.2. The van der Waals surface area contributed by atoms with Crippen LogP contribution in [0.25, 0.3) is 11.4 Å². The number of ketones is 1. The van der Waals surface area contributed by atoms with Gasteiger partial charge in [-0.25, -0.2) is 0 Å². The third kappa shape index (κ3) is 10.4. The van der Waals surface area contributed by atoms with Gasteiger partial charge in [0.05, 0.1) is 56.7 Å². The van der Waals surface area contributed by atoms with Crippen molar-refractivity contribution < 1.29 is 23.8 Å². The average molecular weight is 930 g/mol. The van der Waals surface area contributed by atoms with Gasteiger partial charge in [-0.3, -0.25) is 28.7 Å². The molecule has 17 heteroatoms. The number of aromatic nitrogens is 6. The highest BCUT2D eigenvalue weighted by atomic mass is 35.5. The van der Waals surface area contributed by atoms with Crippen molar-refractivity contribution >= 4 is 46.5 Å². The van der Waals surface area contributed by atoms with Gasteiger partial charge in [-0.05, 0) is 94.4 Å². The van der Waals surface area contributed by atoms with Crippen LogP contribution in [-0.4, -0.2) is 105 Å². The number of methoxy groups -OCH3 is 2. The van der Waals surface area contributed by atoms with E-state index in [1.807, 2.05) is 90.6 Å². The van der Waals surface area contributed by atoms with Crippen molar-refractivity contribution in [3.63, 3.8) is 0 Å². The van der Waals surface area contributed by atoms with Crippen LogP contribution in [0.1, 0.15) is 90.2 Å². The molecule has 66 heavy (non-hydrogen) atoms. The summed E-state index contributed by atoms with van der Waals surface area (Å²) in [5.41, 5.74) is 6.78. The minimum absolute atomic E-state index is 0.0994. The number of halogens is 1. The Hall–Kier alpha value is -6.20. The van der Waals surface area contributed by atoms with Crippen molar-refractivity contribution in [1.82, 2.24) is 40.2 Å². The molecule has 2 aromatic heterocycles. The molecule has 4 aromatic carbocycles. The summed E-state index contributed by atoms with van der Waals surface area (Å²) < 4.78 is 21.1. The lowest BCUT2D eigenvalue weighted by atomic mass is 9.99. The standard InChI is InChI=1S/C49H53ClN10O5S/c1-6-52-45(62)29-42-49-58-56-31(3)60(49)44-20-16-37(64-5)28-40(44)47(54-42)33-11-17-38(18-12-33)66-25-24-65-23-22-51-21-7-8-35(61)26-41-48-57-55-30(2)59(48)43-19-15-36(63-4)27-39(43)46(53-41)32-9-13-34(50)14-10-32/h9-20,27-28,41-42,51H,6-8,21-26,29H2,1-5H3,(H,52,62)/t41-,42-/m0/s1. The molecule has 1 amide bonds. The van der Waals surface area contributed by atoms with Crippen LogP contribution in [0.3, 0.4) is 0 Å². The van der Waals surface area contributed by atoms with Gasteiger partial charge >= 0.3 is 0 Å². The first kappa shape index (κ1) is 46.3. The zero-order valence-electron chi connectivity index (χ0n) is 37.7. The number of nitrogens with one attached hydrogen (secondary N) is 2. The maximum atomic E-state index is 13.5. The fourth-order valence-corrected chi connectivity index (χ4v) is 9.11. The lowest BCUT2D eigenvalue weighted by molar-refractivity contribution is -0.121. The molecule has 0 aliphatic carbocycles. The van der Waals surface area contributed by atoms with E-state index in [4.69, 9.17) is 35.8 Å². The summed E-state index contributed by atoms with van der Waals surface area (Å²) in [4.78, 5) is 37.8. The lowest BCUT2D eigenvalue weighted by Crippen LogP contribution is -2.25. The summed E-state index contributed by atoms with van der Waals surface area (Å²) in [5, 5.41) is 24.6. The number of aryl methyl sites for hydroxylation is 2. The smallest absolute Gasteiger partial charge is 0.222 e. The van der Waals surface area contributed by atoms with Gasteiger partial charge in [-0.2, -0.15) is 0 Å². The number of aliphatic imine (C=N–C) groups is 2. The Morgan fingerprint density at radius 1 is 0.712 bits per heavy atom. The minimum Gasteiger partial charge on any atom is -0.497 e. The fraction of sp³-hybridized carbons (Fsp3) is 0.347. The van der Waals surface area contributed by atoms with E-state index in [2.05, 4.69) is 55.3 Å². The molecule has 8 rings (SSSR count). The second-order valence-electron chi connectivity index (χ2n) is 15.9. The number of Topliss-reactive ketones (excluding diaryl/α,β-unsaturated/α-hetero) is 1. The molecule has 0 bridgehead atoms. The van der Waals surface area contributed by atoms with E-state index < -0.39 is 12.1 Å². The van der Waals surface area contributed by atoms with Crippen molar-refractivity contribution in [3.05, 3.63) is 136 Å². The monoisotopic (exact) mass is 928 g/mol. The van der Waals surface area contributed by atoms with Crippen LogP contribution in [0.2, 0.25) is 5.02 Å². The fourth-order valence-electron chi connectivity index (χ4n) is 8.22. The summed E-state index contributed by atoms with van der Waals surface area (Å²) in [6, 6.07) is 26.5. The lowest BCUT2D eigenvalue weighted by Gasteiger charge is -2.14. The van der Waals surface area contributed by atoms with Crippen LogP contribution in [0, 0.1) is 13.8 Å². The number of amides is 1. The third-order valence-corrected chi connectivity index (χ3v) is 12.6. The van der Waals surface area contributed by atoms with Crippen LogP contribution in [0.5, 0.6) is 11.5 Å². The predicted octanol–water partition coefficient (Wildman–Crippen LogP) is 7.58. The number of ether oxygens (including phenoxy) is 3. The minimum atomic E-state index is -0.531. The summed E-state index contributed by atoms with van der Waals surface area (Å²) in [7, 11) is 3.28. The first-order valence-electron chi connectivity index (χ1n) is 22.1. The van der Waals surface area contributed by atoms with Crippen LogP contribution >= 0.6 is 23.4 Å². The van der Waals surface area contributed by atoms with E-state index >= 15 is 0 Å². The number of hydrogen-bond acceptors (Lipinski definition) is 13. The van der Waals surface area contributed by atoms with Gasteiger partial charge in [0.15, 0.2) is 11.6 Å². The predicted molar refractivity (Wildman–Crippen MR) is 257 cm³/mol. The maximum Gasteiger partial charge on any atom is 0.222 e. The number of fused-ring (bicyclic) bond motifs is 6. The van der Waals surface area contributed by atoms with Crippen LogP contribution in [0.4, 0.5) is 0 Å². The van der Waals surface area contributed by atoms with Crippen molar-refractivity contribution in [3.8, 4) is 22.9 Å². The van der Waals surface area contributed by atoms with E-state index in [-0.39, 0.29) is 24.5 Å². The van der Waals surface area contributed by atoms with Gasteiger partial charge in [0, 0.05) is 63.9 Å². The highest BCUT2D eigenvalue weighted by molar-refractivity contribution is 7.99. The van der Waals surface area contributed by atoms with Gasteiger partial charge in [0.25, 0.3) is 0 Å². The largest absolute Gasteiger partial charge is 0.497 e. The van der Waals surface area contributed by atoms with E-state index in [1.54, 1.807) is 26.0 Å². The van der Waals surface area contributed by atoms with E-state index in [9.17, 15) is 9.59 Å². The second-order valence-corrected chi connectivity index (χ2v) is 17.5. The topological polar surface area (TPSA) is 172 Å². The quantitative estimate of drug-likeness (QED) is 0.0571. The molecule has 15 nitrogen and oxygen atoms in total. The van der Waals surface area contributed by atoms with Gasteiger partial charge in [-0.1, -0.05) is 35.9 Å². The Bertz CT molecular complexity index is 2750. The summed E-state index contributed by atoms with van der Waals surface area (Å²) >= 11 is 7.97. The first-order chi connectivity index (χ1) is 32.1. The normalized spacial score (nSPS) is 15.0. The molecular formula is C49H53ClN10O5S. The Morgan fingerprint density at radius 2 is 1.27 bits per heavy atom. The molecule has 0 saturated carbocycles. The number of carbonyl (C=O) groups is 2. The van der Waals surface area contributed by atoms with Crippen molar-refractivity contribution in [2.24, 2.45) is 9.98 Å². The summed E-state index contributed by atoms with van der Waals surface area (Å²) in [6.07, 6.45) is 1.45. The van der Waals surface area contributed by atoms with Gasteiger partial charge in [-0.15, -0.1) is 32.2 Å². The van der Waals surface area contributed by atoms with Crippen molar-refractivity contribution in [1.29, 1.82) is 0 Å². The molecule has 0 spiro atoms. The Labute approximate surface area is 393 Å². The van der Waals surface area contributed by atoms with Crippen LogP contribution in [-0.2, 0) is 14.3 Å². The highest BCUT2D eigenvalue weighted by Gasteiger charge is 2.32. The number of nitrogens with zero attached hydrogens (tertiary/aromatic N) is 8. The maximum absolute atomic E-state index is 13.5. The highest BCUT2D eigenvalue weighted by Crippen LogP contribution is 2.37. The summed E-state index contributed by atoms with van der Waals surface area (Å²) in [6.45, 7) is 8.76. The van der Waals surface area contributed by atoms with Crippen molar-refractivity contribution in [2.45, 2.75) is 63.4 Å². The van der Waals surface area contributed by atoms with Gasteiger partial charge in [0.1, 0.15) is 41.0 Å². The van der Waals surface area contributed by atoms with Gasteiger partial charge < -0.3 is 24.8 Å². The number of thioether (sulfide) groups is 1. The molecule has 0 radical (unpaired) electrons. The number of hydrogen-bond donors (Lipinski definition) is 2. The Balaban J connectivity index is 0.810. The van der Waals surface area contributed by atoms with E-state index in [1.165, 1.54) is 0 Å². The Morgan fingerprint density at radius 3 is 1.83 bits per heavy atom.